The summed E-state index contributed by atoms with van der Waals surface area (Å²) in [5.41, 5.74) is 5.84. The number of aliphatic hydroxyl groups excluding tert-OH is 1. The van der Waals surface area contributed by atoms with Crippen molar-refractivity contribution in [3.8, 4) is 11.3 Å². The van der Waals surface area contributed by atoms with Gasteiger partial charge in [-0.1, -0.05) is 18.7 Å². The smallest absolute Gasteiger partial charge is 0.247 e. The molecule has 2 aromatic heterocycles. The molecule has 2 aromatic carbocycles. The van der Waals surface area contributed by atoms with E-state index in [2.05, 4.69) is 60.7 Å². The Morgan fingerprint density at radius 3 is 2.58 bits per heavy atom. The average molecular weight is 483 g/mol. The lowest BCUT2D eigenvalue weighted by Gasteiger charge is -2.35. The number of piperazine rings is 1. The molecule has 1 fully saturated rings. The Morgan fingerprint density at radius 1 is 1.03 bits per heavy atom. The van der Waals surface area contributed by atoms with Crippen molar-refractivity contribution in [2.45, 2.75) is 0 Å². The van der Waals surface area contributed by atoms with E-state index in [1.165, 1.54) is 11.8 Å². The van der Waals surface area contributed by atoms with E-state index < -0.39 is 0 Å². The number of amides is 1. The Hall–Kier alpha value is -4.14. The molecule has 3 heterocycles. The first-order valence-corrected chi connectivity index (χ1v) is 12.1. The van der Waals surface area contributed by atoms with Crippen LogP contribution < -0.4 is 15.5 Å². The molecule has 3 N–H and O–H groups in total. The van der Waals surface area contributed by atoms with E-state index in [4.69, 9.17) is 5.11 Å². The number of carbonyl (C=O) groups excluding carboxylic acids is 1. The highest BCUT2D eigenvalue weighted by atomic mass is 16.3. The van der Waals surface area contributed by atoms with E-state index in [-0.39, 0.29) is 12.5 Å². The Bertz CT molecular complexity index is 1360. The van der Waals surface area contributed by atoms with E-state index in [1.807, 2.05) is 48.8 Å². The quantitative estimate of drug-likeness (QED) is 0.330. The van der Waals surface area contributed by atoms with Crippen LogP contribution >= 0.6 is 0 Å². The van der Waals surface area contributed by atoms with Gasteiger partial charge in [0.25, 0.3) is 0 Å². The number of hydrogen-bond donors (Lipinski definition) is 3. The second kappa shape index (κ2) is 10.6. The summed E-state index contributed by atoms with van der Waals surface area (Å²) < 4.78 is 2.09. The molecule has 184 valence electrons. The highest BCUT2D eigenvalue weighted by Gasteiger charge is 2.16. The summed E-state index contributed by atoms with van der Waals surface area (Å²) in [6, 6.07) is 20.2. The molecule has 0 atom stereocenters. The molecule has 0 saturated carbocycles. The number of β-amino-alcohol motifs (C(OH)–C–C–N with tert-alkyl or cyclic N) is 1. The number of rotatable bonds is 8. The summed E-state index contributed by atoms with van der Waals surface area (Å²) in [4.78, 5) is 20.9. The molecule has 0 unspecified atom stereocenters. The zero-order chi connectivity index (χ0) is 24.9. The fourth-order valence-corrected chi connectivity index (χ4v) is 4.53. The number of aliphatic hydroxyl groups is 1. The molecule has 1 saturated heterocycles. The van der Waals surface area contributed by atoms with Crippen molar-refractivity contribution in [3.05, 3.63) is 85.7 Å². The van der Waals surface area contributed by atoms with Gasteiger partial charge in [0.05, 0.1) is 30.2 Å². The summed E-state index contributed by atoms with van der Waals surface area (Å²) in [5, 5.41) is 15.4. The Kier molecular flexibility index (Phi) is 6.97. The van der Waals surface area contributed by atoms with Gasteiger partial charge in [-0.25, -0.2) is 4.98 Å². The fraction of sp³-hybridized carbons (Fsp3) is 0.214. The molecule has 0 aliphatic carbocycles. The lowest BCUT2D eigenvalue weighted by molar-refractivity contribution is -0.111. The van der Waals surface area contributed by atoms with Gasteiger partial charge in [-0.05, 0) is 54.6 Å². The molecule has 8 heteroatoms. The number of benzene rings is 2. The van der Waals surface area contributed by atoms with Gasteiger partial charge >= 0.3 is 0 Å². The predicted octanol–water partition coefficient (Wildman–Crippen LogP) is 3.98. The minimum atomic E-state index is -0.238. The minimum absolute atomic E-state index is 0.213. The molecular weight excluding hydrogens is 452 g/mol. The number of hydrogen-bond acceptors (Lipinski definition) is 6. The van der Waals surface area contributed by atoms with E-state index >= 15 is 0 Å². The molecule has 0 bridgehead atoms. The zero-order valence-corrected chi connectivity index (χ0v) is 20.1. The van der Waals surface area contributed by atoms with Gasteiger partial charge in [-0.3, -0.25) is 9.69 Å². The summed E-state index contributed by atoms with van der Waals surface area (Å²) in [5.74, 6) is 0.499. The third kappa shape index (κ3) is 5.25. The zero-order valence-electron chi connectivity index (χ0n) is 20.1. The first-order valence-electron chi connectivity index (χ1n) is 12.1. The van der Waals surface area contributed by atoms with Gasteiger partial charge in [0.2, 0.25) is 5.91 Å². The van der Waals surface area contributed by atoms with Crippen molar-refractivity contribution in [3.63, 3.8) is 0 Å². The molecule has 36 heavy (non-hydrogen) atoms. The van der Waals surface area contributed by atoms with Crippen molar-refractivity contribution in [2.75, 3.05) is 54.9 Å². The number of nitrogens with one attached hydrogen (secondary N) is 2. The van der Waals surface area contributed by atoms with E-state index in [0.29, 0.717) is 0 Å². The highest BCUT2D eigenvalue weighted by Crippen LogP contribution is 2.27. The summed E-state index contributed by atoms with van der Waals surface area (Å²) in [6.07, 6.45) is 5.08. The topological polar surface area (TPSA) is 85.1 Å². The third-order valence-corrected chi connectivity index (χ3v) is 6.44. The first kappa shape index (κ1) is 23.6. The molecule has 0 spiro atoms. The SMILES string of the molecule is C=CC(=O)Nc1cccc(-c2ccc3cnc(Nc4ccc(N5CCN(CCO)CC5)cc4)cn23)c1. The summed E-state index contributed by atoms with van der Waals surface area (Å²) in [7, 11) is 0. The number of nitrogens with zero attached hydrogens (tertiary/aromatic N) is 4. The predicted molar refractivity (Wildman–Crippen MR) is 145 cm³/mol. The second-order valence-corrected chi connectivity index (χ2v) is 8.78. The van der Waals surface area contributed by atoms with Gasteiger partial charge in [-0.15, -0.1) is 0 Å². The lowest BCUT2D eigenvalue weighted by atomic mass is 10.1. The number of fused-ring (bicyclic) bond motifs is 1. The lowest BCUT2D eigenvalue weighted by Crippen LogP contribution is -2.47. The normalized spacial score (nSPS) is 14.1. The molecule has 8 nitrogen and oxygen atoms in total. The Labute approximate surface area is 210 Å². The maximum atomic E-state index is 11.7. The monoisotopic (exact) mass is 482 g/mol. The Morgan fingerprint density at radius 2 is 1.83 bits per heavy atom. The standard InChI is InChI=1S/C28H30N6O2/c1-2-28(36)31-23-5-3-4-21(18-23)26-11-10-25-19-29-27(20-34(25)26)30-22-6-8-24(9-7-22)33-14-12-32(13-15-33)16-17-35/h2-11,18-20,30,35H,1,12-17H2,(H,31,36). The second-order valence-electron chi connectivity index (χ2n) is 8.78. The van der Waals surface area contributed by atoms with Crippen LogP contribution in [0, 0.1) is 0 Å². The van der Waals surface area contributed by atoms with Crippen LogP contribution in [0.1, 0.15) is 0 Å². The van der Waals surface area contributed by atoms with E-state index in [0.717, 1.165) is 66.7 Å². The number of aromatic nitrogens is 2. The van der Waals surface area contributed by atoms with Crippen LogP contribution in [-0.2, 0) is 4.79 Å². The largest absolute Gasteiger partial charge is 0.395 e. The van der Waals surface area contributed by atoms with E-state index in [9.17, 15) is 4.79 Å². The van der Waals surface area contributed by atoms with Crippen LogP contribution in [0.15, 0.2) is 85.7 Å². The Balaban J connectivity index is 1.31. The van der Waals surface area contributed by atoms with Crippen molar-refractivity contribution < 1.29 is 9.90 Å². The molecule has 1 aliphatic heterocycles. The van der Waals surface area contributed by atoms with Crippen LogP contribution in [0.2, 0.25) is 0 Å². The number of carbonyl (C=O) groups is 1. The summed E-state index contributed by atoms with van der Waals surface area (Å²) >= 11 is 0. The minimum Gasteiger partial charge on any atom is -0.395 e. The van der Waals surface area contributed by atoms with Crippen LogP contribution in [0.5, 0.6) is 0 Å². The maximum Gasteiger partial charge on any atom is 0.247 e. The van der Waals surface area contributed by atoms with Gasteiger partial charge in [0.1, 0.15) is 5.82 Å². The van der Waals surface area contributed by atoms with Crippen molar-refractivity contribution in [1.29, 1.82) is 0 Å². The van der Waals surface area contributed by atoms with Gasteiger partial charge in [-0.2, -0.15) is 0 Å². The molecule has 1 amide bonds. The van der Waals surface area contributed by atoms with E-state index in [1.54, 1.807) is 0 Å². The van der Waals surface area contributed by atoms with Crippen molar-refractivity contribution in [2.24, 2.45) is 0 Å². The third-order valence-electron chi connectivity index (χ3n) is 6.44. The molecule has 0 radical (unpaired) electrons. The van der Waals surface area contributed by atoms with Crippen molar-refractivity contribution in [1.82, 2.24) is 14.3 Å². The number of anilines is 4. The molecular formula is C28H30N6O2. The summed E-state index contributed by atoms with van der Waals surface area (Å²) in [6.45, 7) is 8.31. The first-order chi connectivity index (χ1) is 17.6. The van der Waals surface area contributed by atoms with Gasteiger partial charge in [0.15, 0.2) is 0 Å². The van der Waals surface area contributed by atoms with Crippen LogP contribution in [0.4, 0.5) is 22.9 Å². The highest BCUT2D eigenvalue weighted by molar-refractivity contribution is 5.99. The molecule has 4 aromatic rings. The van der Waals surface area contributed by atoms with Gasteiger partial charge in [0, 0.05) is 55.3 Å². The molecule has 5 rings (SSSR count). The average Bonchev–Trinajstić information content (AvgIpc) is 3.33. The van der Waals surface area contributed by atoms with Crippen molar-refractivity contribution >= 4 is 34.3 Å². The molecule has 1 aliphatic rings. The fourth-order valence-electron chi connectivity index (χ4n) is 4.53. The van der Waals surface area contributed by atoms with Crippen LogP contribution in [0.25, 0.3) is 16.8 Å². The van der Waals surface area contributed by atoms with Crippen LogP contribution in [0.3, 0.4) is 0 Å². The van der Waals surface area contributed by atoms with Gasteiger partial charge < -0.3 is 25.0 Å². The maximum absolute atomic E-state index is 11.7. The van der Waals surface area contributed by atoms with Crippen LogP contribution in [-0.4, -0.2) is 64.6 Å².